The van der Waals surface area contributed by atoms with E-state index in [4.69, 9.17) is 0 Å². The summed E-state index contributed by atoms with van der Waals surface area (Å²) in [4.78, 5) is 32.8. The van der Waals surface area contributed by atoms with Crippen LogP contribution >= 0.6 is 0 Å². The third-order valence-corrected chi connectivity index (χ3v) is 32.4. The van der Waals surface area contributed by atoms with Gasteiger partial charge in [-0.25, -0.2) is 4.90 Å². The Morgan fingerprint density at radius 2 is 0.442 bits per heavy atom. The van der Waals surface area contributed by atoms with E-state index in [0.29, 0.717) is 52.6 Å². The van der Waals surface area contributed by atoms with Crippen molar-refractivity contribution in [3.8, 4) is 11.1 Å². The maximum atomic E-state index is 15.6. The molecule has 20 rings (SSSR count). The molecule has 129 heavy (non-hydrogen) atoms. The van der Waals surface area contributed by atoms with E-state index in [1.54, 1.807) is 0 Å². The fourth-order valence-corrected chi connectivity index (χ4v) is 25.3. The van der Waals surface area contributed by atoms with Gasteiger partial charge in [-0.1, -0.05) is 349 Å². The molecule has 5 atom stereocenters. The number of hydrogen-bond donors (Lipinski definition) is 0. The van der Waals surface area contributed by atoms with E-state index in [0.717, 1.165) is 112 Å². The van der Waals surface area contributed by atoms with Crippen LogP contribution in [0.25, 0.3) is 183 Å². The molecule has 1 aliphatic heterocycles. The van der Waals surface area contributed by atoms with Crippen molar-refractivity contribution in [3.63, 3.8) is 0 Å². The van der Waals surface area contributed by atoms with Gasteiger partial charge in [-0.2, -0.15) is 0 Å². The van der Waals surface area contributed by atoms with Crippen LogP contribution in [-0.4, -0.2) is 11.8 Å². The maximum absolute atomic E-state index is 15.6. The normalized spacial score (nSPS) is 14.8. The van der Waals surface area contributed by atoms with Crippen molar-refractivity contribution < 1.29 is 9.59 Å². The van der Waals surface area contributed by atoms with E-state index in [-0.39, 0.29) is 23.7 Å². The number of rotatable bonds is 39. The minimum Gasteiger partial charge on any atom is -0.268 e. The molecule has 3 heteroatoms. The molecule has 3 nitrogen and oxygen atoms in total. The SMILES string of the molecule is CC(C)CCCC(C)CCc1cc2c3cc(CCC(C)CCCC(C)C)cc4c5cc(CCC(C)CCCC(C)C)cc6c7cc(-c8ccc9c%10ccc%11c%12c(ccc(c%13cccc8c%139)c%12%10)C(=O)N(c8c(C(C)C)cccc8C(C)C)C%11=O)cc8c9cc(CCC(C)CCCC(C)C)cc%10c%11cc(CCC(C)CCCC(C)C)cc%12c(c1)c2c1c(c34)c(c56)c(c78)c(c%109)c1c%12%11. The van der Waals surface area contributed by atoms with Crippen LogP contribution in [-0.2, 0) is 32.1 Å². The summed E-state index contributed by atoms with van der Waals surface area (Å²) < 4.78 is 0. The summed E-state index contributed by atoms with van der Waals surface area (Å²) in [6.45, 7) is 45.4. The minimum absolute atomic E-state index is 0.103. The van der Waals surface area contributed by atoms with Gasteiger partial charge in [0.1, 0.15) is 0 Å². The Balaban J connectivity index is 0.897. The summed E-state index contributed by atoms with van der Waals surface area (Å²) in [6, 6.07) is 59.7. The molecular weight excluding hydrogens is 1560 g/mol. The molecule has 0 aliphatic carbocycles. The molecule has 0 bridgehead atoms. The Kier molecular flexibility index (Phi) is 23.5. The number of anilines is 1. The van der Waals surface area contributed by atoms with Crippen LogP contribution in [0.2, 0.25) is 0 Å². The van der Waals surface area contributed by atoms with Crippen LogP contribution < -0.4 is 4.90 Å². The van der Waals surface area contributed by atoms with Crippen molar-refractivity contribution in [2.75, 3.05) is 4.90 Å². The lowest BCUT2D eigenvalue weighted by atomic mass is 9.72. The fraction of sp³-hybridized carbons (Fsp3) is 0.444. The maximum Gasteiger partial charge on any atom is 0.266 e. The summed E-state index contributed by atoms with van der Waals surface area (Å²) in [6.07, 6.45) is 30.4. The number of nitrogens with zero attached hydrogens (tertiary/aromatic N) is 1. The van der Waals surface area contributed by atoms with Gasteiger partial charge < -0.3 is 0 Å². The molecule has 0 radical (unpaired) electrons. The van der Waals surface area contributed by atoms with Crippen LogP contribution in [0.5, 0.6) is 0 Å². The third-order valence-electron chi connectivity index (χ3n) is 32.4. The number of carbonyl (C=O) groups is 2. The number of imide groups is 1. The van der Waals surface area contributed by atoms with Gasteiger partial charge >= 0.3 is 0 Å². The molecule has 1 aliphatic rings. The zero-order chi connectivity index (χ0) is 89.7. The van der Waals surface area contributed by atoms with Crippen LogP contribution in [0.3, 0.4) is 0 Å². The lowest BCUT2D eigenvalue weighted by Gasteiger charge is -2.32. The lowest BCUT2D eigenvalue weighted by Crippen LogP contribution is -2.41. The van der Waals surface area contributed by atoms with Gasteiger partial charge in [0, 0.05) is 16.5 Å². The predicted molar refractivity (Wildman–Crippen MR) is 567 cm³/mol. The molecule has 1 heterocycles. The van der Waals surface area contributed by atoms with Crippen molar-refractivity contribution in [1.29, 1.82) is 0 Å². The van der Waals surface area contributed by atoms with Crippen molar-refractivity contribution in [2.45, 2.75) is 304 Å². The Labute approximate surface area is 769 Å². The van der Waals surface area contributed by atoms with E-state index >= 15 is 9.59 Å². The van der Waals surface area contributed by atoms with Gasteiger partial charge in [-0.05, 0) is 377 Å². The van der Waals surface area contributed by atoms with Crippen molar-refractivity contribution in [3.05, 3.63) is 196 Å². The second-order valence-electron chi connectivity index (χ2n) is 45.4. The van der Waals surface area contributed by atoms with Crippen LogP contribution in [0.4, 0.5) is 5.69 Å². The third kappa shape index (κ3) is 15.2. The number of fused-ring (bicyclic) bond motifs is 8. The molecule has 0 spiro atoms. The topological polar surface area (TPSA) is 37.4 Å². The zero-order valence-electron chi connectivity index (χ0n) is 81.7. The lowest BCUT2D eigenvalue weighted by molar-refractivity contribution is 0.0892. The second-order valence-corrected chi connectivity index (χ2v) is 45.4. The fourth-order valence-electron chi connectivity index (χ4n) is 25.3. The highest BCUT2D eigenvalue weighted by Crippen LogP contribution is 2.62. The van der Waals surface area contributed by atoms with Gasteiger partial charge in [0.25, 0.3) is 11.8 Å². The first kappa shape index (κ1) is 87.3. The molecule has 0 fully saturated rings. The Bertz CT molecular complexity index is 7050. The molecule has 664 valence electrons. The van der Waals surface area contributed by atoms with Gasteiger partial charge in [0.2, 0.25) is 0 Å². The average molecular weight is 1700 g/mol. The molecule has 0 saturated carbocycles. The van der Waals surface area contributed by atoms with Crippen LogP contribution in [0.15, 0.2) is 146 Å². The van der Waals surface area contributed by atoms with Crippen molar-refractivity contribution in [2.24, 2.45) is 59.2 Å². The molecule has 19 aromatic carbocycles. The average Bonchev–Trinajstić information content (AvgIpc) is 0.639. The van der Waals surface area contributed by atoms with E-state index in [1.807, 2.05) is 12.1 Å². The van der Waals surface area contributed by atoms with Gasteiger partial charge in [-0.15, -0.1) is 0 Å². The van der Waals surface area contributed by atoms with Crippen LogP contribution in [0.1, 0.15) is 331 Å². The number of hydrogen-bond acceptors (Lipinski definition) is 2. The summed E-state index contributed by atoms with van der Waals surface area (Å²) in [5, 5.41) is 43.7. The number of carbonyl (C=O) groups excluding carboxylic acids is 2. The highest BCUT2D eigenvalue weighted by atomic mass is 16.2. The van der Waals surface area contributed by atoms with Gasteiger partial charge in [0.05, 0.1) is 5.69 Å². The Morgan fingerprint density at radius 1 is 0.209 bits per heavy atom. The molecule has 0 saturated heterocycles. The van der Waals surface area contributed by atoms with Gasteiger partial charge in [-0.3, -0.25) is 9.59 Å². The Morgan fingerprint density at radius 3 is 0.713 bits per heavy atom. The van der Waals surface area contributed by atoms with E-state index < -0.39 is 0 Å². The number of amides is 2. The first-order chi connectivity index (χ1) is 62.2. The number of benzene rings is 19. The molecule has 5 unspecified atom stereocenters. The van der Waals surface area contributed by atoms with Crippen molar-refractivity contribution >= 4 is 190 Å². The summed E-state index contributed by atoms with van der Waals surface area (Å²) in [5.41, 5.74) is 13.8. The largest absolute Gasteiger partial charge is 0.268 e. The second kappa shape index (κ2) is 34.8. The first-order valence-corrected chi connectivity index (χ1v) is 51.7. The highest BCUT2D eigenvalue weighted by Gasteiger charge is 2.40. The standard InChI is InChI=1S/C126H143NO2/c1-69(2)27-20-32-76(15)41-46-81-57-97-99-59-82(47-42-77(16)33-21-28-70(3)4)61-101-103-63-84(49-44-79(18)35-23-30-72(7)8)65-105-107-67-86(89-51-52-92-94-54-56-96-111-95(55-53-93(110(94)111)91-40-26-39-90(89)109(91)92)125(128)127(126(96)129)124-87(74(11)12)37-25-38-88(124)75(13)14)68-108-106-66-85(50-45-80(19)36-24-31-73(9)10)64-104-102-62-83(48-43-78(17)34-22-29-71(5)6)60-100-98(58-81)112(97)118-119(113(99)101)121(115(103)105)123(117(107)108)122(116(104)106)120(118)114(100)102/h25-26,37-40,51-80H,20-24,27-36,41-50H2,1-19H3. The molecular formula is C126H143NO2. The molecule has 2 amide bonds. The monoisotopic (exact) mass is 1700 g/mol. The highest BCUT2D eigenvalue weighted by molar-refractivity contribution is 6.61. The number of aryl methyl sites for hydroxylation is 5. The molecule has 0 aromatic heterocycles. The number of para-hydroxylation sites is 1. The molecule has 19 aromatic rings. The predicted octanol–water partition coefficient (Wildman–Crippen LogP) is 37.9. The molecule has 0 N–H and O–H groups in total. The Hall–Kier alpha value is -9.70. The summed E-state index contributed by atoms with van der Waals surface area (Å²) in [5.74, 6) is 6.41. The van der Waals surface area contributed by atoms with Gasteiger partial charge in [0.15, 0.2) is 0 Å². The first-order valence-electron chi connectivity index (χ1n) is 51.7. The van der Waals surface area contributed by atoms with E-state index in [2.05, 4.69) is 265 Å². The quantitative estimate of drug-likeness (QED) is 0.0219. The zero-order valence-corrected chi connectivity index (χ0v) is 81.7. The smallest absolute Gasteiger partial charge is 0.266 e. The van der Waals surface area contributed by atoms with Crippen molar-refractivity contribution in [1.82, 2.24) is 0 Å². The van der Waals surface area contributed by atoms with E-state index in [1.165, 1.54) is 299 Å². The van der Waals surface area contributed by atoms with Crippen LogP contribution in [0, 0.1) is 59.2 Å². The summed E-state index contributed by atoms with van der Waals surface area (Å²) >= 11 is 0. The van der Waals surface area contributed by atoms with E-state index in [9.17, 15) is 0 Å². The minimum atomic E-state index is -0.248. The summed E-state index contributed by atoms with van der Waals surface area (Å²) in [7, 11) is 0.